The van der Waals surface area contributed by atoms with Crippen LogP contribution in [0.25, 0.3) is 0 Å². The summed E-state index contributed by atoms with van der Waals surface area (Å²) in [7, 11) is 0. The Balaban J connectivity index is 1.59. The van der Waals surface area contributed by atoms with E-state index in [1.165, 1.54) is 12.8 Å². The van der Waals surface area contributed by atoms with E-state index >= 15 is 0 Å². The van der Waals surface area contributed by atoms with E-state index in [0.717, 1.165) is 37.7 Å². The number of rotatable bonds is 5. The fourth-order valence-corrected chi connectivity index (χ4v) is 2.60. The number of hydrogen-bond acceptors (Lipinski definition) is 3. The van der Waals surface area contributed by atoms with Gasteiger partial charge in [0.1, 0.15) is 5.75 Å². The molecule has 0 N–H and O–H groups in total. The van der Waals surface area contributed by atoms with Crippen LogP contribution < -0.4 is 4.74 Å². The quantitative estimate of drug-likeness (QED) is 0.829. The SMILES string of the molecule is FC(F)Oc1ccc([C@@H]2CN(CC3CC3)CCO2)cc1. The Hall–Kier alpha value is -1.20. The Morgan fingerprint density at radius 3 is 2.65 bits per heavy atom. The summed E-state index contributed by atoms with van der Waals surface area (Å²) >= 11 is 0. The molecule has 5 heteroatoms. The summed E-state index contributed by atoms with van der Waals surface area (Å²) in [6.07, 6.45) is 2.73. The molecule has 1 heterocycles. The van der Waals surface area contributed by atoms with Crippen molar-refractivity contribution in [2.75, 3.05) is 26.2 Å². The average molecular weight is 283 g/mol. The minimum Gasteiger partial charge on any atom is -0.435 e. The zero-order valence-corrected chi connectivity index (χ0v) is 11.3. The summed E-state index contributed by atoms with van der Waals surface area (Å²) in [5, 5.41) is 0. The van der Waals surface area contributed by atoms with Gasteiger partial charge < -0.3 is 9.47 Å². The highest BCUT2D eigenvalue weighted by Crippen LogP contribution is 2.32. The second-order valence-corrected chi connectivity index (χ2v) is 5.51. The predicted molar refractivity (Wildman–Crippen MR) is 70.9 cm³/mol. The van der Waals surface area contributed by atoms with Gasteiger partial charge in [0.05, 0.1) is 12.7 Å². The highest BCUT2D eigenvalue weighted by molar-refractivity contribution is 5.29. The predicted octanol–water partition coefficient (Wildman–Crippen LogP) is 3.07. The maximum Gasteiger partial charge on any atom is 0.387 e. The molecular formula is C15H19F2NO2. The third kappa shape index (κ3) is 3.67. The summed E-state index contributed by atoms with van der Waals surface area (Å²) in [5.41, 5.74) is 1.02. The monoisotopic (exact) mass is 283 g/mol. The van der Waals surface area contributed by atoms with E-state index < -0.39 is 6.61 Å². The third-order valence-corrected chi connectivity index (χ3v) is 3.84. The number of hydrogen-bond donors (Lipinski definition) is 0. The van der Waals surface area contributed by atoms with Crippen molar-refractivity contribution >= 4 is 0 Å². The molecule has 2 aliphatic rings. The molecule has 3 nitrogen and oxygen atoms in total. The van der Waals surface area contributed by atoms with Crippen LogP contribution in [0.15, 0.2) is 24.3 Å². The molecule has 0 bridgehead atoms. The molecule has 0 unspecified atom stereocenters. The van der Waals surface area contributed by atoms with E-state index in [1.807, 2.05) is 12.1 Å². The molecule has 1 saturated carbocycles. The number of alkyl halides is 2. The van der Waals surface area contributed by atoms with Crippen molar-refractivity contribution in [3.8, 4) is 5.75 Å². The van der Waals surface area contributed by atoms with Crippen LogP contribution in [0.1, 0.15) is 24.5 Å². The van der Waals surface area contributed by atoms with Crippen LogP contribution in [0, 0.1) is 5.92 Å². The average Bonchev–Trinajstić information content (AvgIpc) is 3.23. The molecule has 1 atom stereocenters. The van der Waals surface area contributed by atoms with E-state index in [2.05, 4.69) is 9.64 Å². The van der Waals surface area contributed by atoms with E-state index in [4.69, 9.17) is 4.74 Å². The van der Waals surface area contributed by atoms with Gasteiger partial charge in [-0.1, -0.05) is 12.1 Å². The van der Waals surface area contributed by atoms with Crippen molar-refractivity contribution in [2.24, 2.45) is 5.92 Å². The minimum atomic E-state index is -2.78. The molecule has 2 fully saturated rings. The molecule has 1 saturated heterocycles. The first-order valence-corrected chi connectivity index (χ1v) is 7.09. The molecule has 1 aliphatic carbocycles. The minimum absolute atomic E-state index is 0.0306. The Morgan fingerprint density at radius 1 is 1.25 bits per heavy atom. The fraction of sp³-hybridized carbons (Fsp3) is 0.600. The topological polar surface area (TPSA) is 21.7 Å². The molecule has 3 rings (SSSR count). The van der Waals surface area contributed by atoms with Gasteiger partial charge in [-0.15, -0.1) is 0 Å². The van der Waals surface area contributed by atoms with Crippen LogP contribution in [-0.4, -0.2) is 37.8 Å². The second-order valence-electron chi connectivity index (χ2n) is 5.51. The van der Waals surface area contributed by atoms with Crippen LogP contribution in [0.5, 0.6) is 5.75 Å². The lowest BCUT2D eigenvalue weighted by Gasteiger charge is -2.33. The Kier molecular flexibility index (Phi) is 4.17. The summed E-state index contributed by atoms with van der Waals surface area (Å²) in [5.74, 6) is 1.06. The first kappa shape index (κ1) is 13.8. The molecule has 0 aromatic heterocycles. The van der Waals surface area contributed by atoms with Crippen LogP contribution >= 0.6 is 0 Å². The molecular weight excluding hydrogens is 264 g/mol. The Labute approximate surface area is 117 Å². The molecule has 0 radical (unpaired) electrons. The molecule has 20 heavy (non-hydrogen) atoms. The second kappa shape index (κ2) is 6.06. The number of halogens is 2. The first-order valence-electron chi connectivity index (χ1n) is 7.09. The summed E-state index contributed by atoms with van der Waals surface area (Å²) in [4.78, 5) is 2.44. The normalized spacial score (nSPS) is 24.1. The molecule has 1 aromatic carbocycles. The van der Waals surface area contributed by atoms with E-state index in [1.54, 1.807) is 12.1 Å². The van der Waals surface area contributed by atoms with Gasteiger partial charge in [0.15, 0.2) is 0 Å². The standard InChI is InChI=1S/C15H19F2NO2/c16-15(17)20-13-5-3-12(4-6-13)14-10-18(7-8-19-14)9-11-1-2-11/h3-6,11,14-15H,1-2,7-10H2/t14-/m0/s1. The molecule has 1 aromatic rings. The summed E-state index contributed by atoms with van der Waals surface area (Å²) in [6.45, 7) is 0.977. The lowest BCUT2D eigenvalue weighted by Crippen LogP contribution is -2.39. The van der Waals surface area contributed by atoms with Crippen molar-refractivity contribution in [1.82, 2.24) is 4.90 Å². The largest absolute Gasteiger partial charge is 0.435 e. The Bertz CT molecular complexity index is 434. The van der Waals surface area contributed by atoms with Gasteiger partial charge in [0.2, 0.25) is 0 Å². The highest BCUT2D eigenvalue weighted by Gasteiger charge is 2.28. The van der Waals surface area contributed by atoms with E-state index in [-0.39, 0.29) is 11.9 Å². The maximum atomic E-state index is 12.1. The highest BCUT2D eigenvalue weighted by atomic mass is 19.3. The van der Waals surface area contributed by atoms with Crippen molar-refractivity contribution in [2.45, 2.75) is 25.6 Å². The summed E-state index contributed by atoms with van der Waals surface area (Å²) in [6, 6.07) is 6.77. The van der Waals surface area contributed by atoms with Crippen molar-refractivity contribution in [1.29, 1.82) is 0 Å². The number of morpholine rings is 1. The van der Waals surface area contributed by atoms with E-state index in [0.29, 0.717) is 0 Å². The zero-order valence-electron chi connectivity index (χ0n) is 11.3. The number of benzene rings is 1. The van der Waals surface area contributed by atoms with Gasteiger partial charge in [-0.25, -0.2) is 0 Å². The van der Waals surface area contributed by atoms with Crippen LogP contribution in [0.3, 0.4) is 0 Å². The summed E-state index contributed by atoms with van der Waals surface area (Å²) < 4.78 is 34.3. The lowest BCUT2D eigenvalue weighted by atomic mass is 10.1. The number of nitrogens with zero attached hydrogens (tertiary/aromatic N) is 1. The molecule has 0 spiro atoms. The van der Waals surface area contributed by atoms with Gasteiger partial charge in [-0.05, 0) is 36.5 Å². The van der Waals surface area contributed by atoms with Crippen LogP contribution in [0.4, 0.5) is 8.78 Å². The molecule has 0 amide bonds. The van der Waals surface area contributed by atoms with Crippen molar-refractivity contribution in [3.63, 3.8) is 0 Å². The van der Waals surface area contributed by atoms with Crippen LogP contribution in [0.2, 0.25) is 0 Å². The lowest BCUT2D eigenvalue weighted by molar-refractivity contribution is -0.0500. The van der Waals surface area contributed by atoms with Gasteiger partial charge in [-0.3, -0.25) is 4.90 Å². The van der Waals surface area contributed by atoms with Crippen molar-refractivity contribution in [3.05, 3.63) is 29.8 Å². The zero-order chi connectivity index (χ0) is 13.9. The fourth-order valence-electron chi connectivity index (χ4n) is 2.60. The van der Waals surface area contributed by atoms with Crippen molar-refractivity contribution < 1.29 is 18.3 Å². The van der Waals surface area contributed by atoms with Gasteiger partial charge in [-0.2, -0.15) is 8.78 Å². The molecule has 1 aliphatic heterocycles. The van der Waals surface area contributed by atoms with Crippen LogP contribution in [-0.2, 0) is 4.74 Å². The third-order valence-electron chi connectivity index (χ3n) is 3.84. The maximum absolute atomic E-state index is 12.1. The van der Waals surface area contributed by atoms with Gasteiger partial charge in [0, 0.05) is 19.6 Å². The van der Waals surface area contributed by atoms with Gasteiger partial charge >= 0.3 is 6.61 Å². The number of ether oxygens (including phenoxy) is 2. The Morgan fingerprint density at radius 2 is 2.00 bits per heavy atom. The van der Waals surface area contributed by atoms with Gasteiger partial charge in [0.25, 0.3) is 0 Å². The first-order chi connectivity index (χ1) is 9.70. The molecule has 110 valence electrons. The smallest absolute Gasteiger partial charge is 0.387 e. The van der Waals surface area contributed by atoms with E-state index in [9.17, 15) is 8.78 Å².